The summed E-state index contributed by atoms with van der Waals surface area (Å²) in [5, 5.41) is 22.7. The number of nitriles is 1. The molecule has 1 aromatic rings. The second-order valence-electron chi connectivity index (χ2n) is 5.44. The van der Waals surface area contributed by atoms with E-state index >= 15 is 0 Å². The number of ether oxygens (including phenoxy) is 1. The van der Waals surface area contributed by atoms with Gasteiger partial charge in [0.05, 0.1) is 0 Å². The zero-order valence-corrected chi connectivity index (χ0v) is 13.3. The van der Waals surface area contributed by atoms with Crippen LogP contribution in [0.3, 0.4) is 0 Å². The van der Waals surface area contributed by atoms with Gasteiger partial charge >= 0.3 is 141 Å². The molecule has 0 fully saturated rings. The average molecular weight is 317 g/mol. The van der Waals surface area contributed by atoms with Crippen molar-refractivity contribution in [2.75, 3.05) is 7.11 Å². The molecule has 1 aliphatic carbocycles. The molecule has 0 aromatic heterocycles. The second kappa shape index (κ2) is 6.59. The van der Waals surface area contributed by atoms with Crippen LogP contribution in [0.4, 0.5) is 0 Å². The zero-order valence-electron chi connectivity index (χ0n) is 13.3. The Morgan fingerprint density at radius 1 is 1.58 bits per heavy atom. The topological polar surface area (TPSA) is 77.6 Å². The van der Waals surface area contributed by atoms with Crippen LogP contribution in [-0.4, -0.2) is 37.5 Å². The van der Waals surface area contributed by atoms with Gasteiger partial charge in [-0.1, -0.05) is 0 Å². The van der Waals surface area contributed by atoms with Crippen molar-refractivity contribution >= 4 is 30.8 Å². The molecule has 1 heterocycles. The number of aliphatic imine (C=N–C) groups is 1. The summed E-state index contributed by atoms with van der Waals surface area (Å²) in [5.74, 6) is 0.921. The van der Waals surface area contributed by atoms with Crippen molar-refractivity contribution in [3.05, 3.63) is 47.2 Å². The summed E-state index contributed by atoms with van der Waals surface area (Å²) in [6.45, 7) is 5.22. The first kappa shape index (κ1) is 15.8. The molecule has 0 saturated heterocycles. The van der Waals surface area contributed by atoms with Crippen LogP contribution in [0.15, 0.2) is 46.6 Å². The summed E-state index contributed by atoms with van der Waals surface area (Å²) in [6.07, 6.45) is 8.55. The van der Waals surface area contributed by atoms with Crippen LogP contribution in [0.2, 0.25) is 0 Å². The van der Waals surface area contributed by atoms with E-state index in [4.69, 9.17) is 4.74 Å². The van der Waals surface area contributed by atoms with E-state index in [1.165, 1.54) is 14.0 Å². The van der Waals surface area contributed by atoms with E-state index in [2.05, 4.69) is 28.9 Å². The van der Waals surface area contributed by atoms with Crippen molar-refractivity contribution in [1.82, 2.24) is 5.32 Å². The van der Waals surface area contributed by atoms with Gasteiger partial charge < -0.3 is 0 Å². The molecule has 0 saturated carbocycles. The van der Waals surface area contributed by atoms with Crippen LogP contribution < -0.4 is 15.5 Å². The number of methoxy groups -OCH3 is 1. The van der Waals surface area contributed by atoms with Crippen LogP contribution in [0.5, 0.6) is 11.5 Å². The number of phenols is 1. The molecule has 5 nitrogen and oxygen atoms in total. The fourth-order valence-corrected chi connectivity index (χ4v) is 2.69. The summed E-state index contributed by atoms with van der Waals surface area (Å²) in [6, 6.07) is 5.65. The molecule has 0 bridgehead atoms. The average Bonchev–Trinajstić information content (AvgIpc) is 3.04. The first-order valence-corrected chi connectivity index (χ1v) is 7.53. The van der Waals surface area contributed by atoms with Gasteiger partial charge in [-0.05, 0) is 0 Å². The molecular formula is C18H16BN3O2. The molecule has 1 aromatic carbocycles. The molecule has 24 heavy (non-hydrogen) atoms. The minimum atomic E-state index is 0.0294. The van der Waals surface area contributed by atoms with Gasteiger partial charge in [0.25, 0.3) is 0 Å². The molecule has 118 valence electrons. The van der Waals surface area contributed by atoms with Crippen molar-refractivity contribution in [1.29, 1.82) is 5.26 Å². The third kappa shape index (κ3) is 2.89. The predicted octanol–water partition coefficient (Wildman–Crippen LogP) is 1.28. The van der Waals surface area contributed by atoms with Crippen molar-refractivity contribution in [2.24, 2.45) is 4.99 Å². The maximum atomic E-state index is 10.0. The number of allylic oxidation sites excluding steroid dienone is 2. The summed E-state index contributed by atoms with van der Waals surface area (Å²) in [5.41, 5.74) is 2.69. The fourth-order valence-electron chi connectivity index (χ4n) is 2.69. The van der Waals surface area contributed by atoms with Gasteiger partial charge in [0.2, 0.25) is 0 Å². The standard InChI is InChI=1S/C18H16BN3O2/c1-19-13-8-11(9-16(24-2)17(13)23)7-12(10-20)18-21-14-5-3-4-6-15(14)22-18/h3-5,7-9,15,23H,1,6H2,2H3,(H,21,22)/b12-7+. The van der Waals surface area contributed by atoms with E-state index in [9.17, 15) is 10.4 Å². The molecule has 0 amide bonds. The summed E-state index contributed by atoms with van der Waals surface area (Å²) in [7, 11) is 1.48. The molecule has 3 rings (SSSR count). The third-order valence-corrected chi connectivity index (χ3v) is 3.93. The van der Waals surface area contributed by atoms with Gasteiger partial charge in [-0.25, -0.2) is 0 Å². The Bertz CT molecular complexity index is 860. The SMILES string of the molecule is C=Bc1cc(/C=C(\C#N)C2=NC3CC=CC=C3N2)cc(OC)c1O. The molecule has 1 atom stereocenters. The molecule has 6 heteroatoms. The Morgan fingerprint density at radius 2 is 2.42 bits per heavy atom. The van der Waals surface area contributed by atoms with Crippen molar-refractivity contribution in [2.45, 2.75) is 12.5 Å². The number of benzene rings is 1. The fraction of sp³-hybridized carbons (Fsp3) is 0.167. The summed E-state index contributed by atoms with van der Waals surface area (Å²) < 4.78 is 5.17. The van der Waals surface area contributed by atoms with E-state index in [-0.39, 0.29) is 11.8 Å². The zero-order chi connectivity index (χ0) is 17.1. The van der Waals surface area contributed by atoms with E-state index in [1.807, 2.05) is 12.2 Å². The van der Waals surface area contributed by atoms with E-state index < -0.39 is 0 Å². The van der Waals surface area contributed by atoms with Crippen LogP contribution in [0, 0.1) is 11.3 Å². The van der Waals surface area contributed by atoms with Crippen molar-refractivity contribution in [3.8, 4) is 17.6 Å². The van der Waals surface area contributed by atoms with E-state index in [0.717, 1.165) is 17.7 Å². The van der Waals surface area contributed by atoms with E-state index in [0.29, 0.717) is 22.6 Å². The molecule has 1 aliphatic heterocycles. The van der Waals surface area contributed by atoms with Gasteiger partial charge in [-0.15, -0.1) is 0 Å². The third-order valence-electron chi connectivity index (χ3n) is 3.93. The van der Waals surface area contributed by atoms with Crippen LogP contribution in [-0.2, 0) is 0 Å². The quantitative estimate of drug-likeness (QED) is 0.648. The number of phenolic OH excluding ortho intramolecular Hbond substituents is 1. The van der Waals surface area contributed by atoms with Gasteiger partial charge in [-0.3, -0.25) is 0 Å². The number of hydrogen-bond acceptors (Lipinski definition) is 5. The number of rotatable bonds is 4. The van der Waals surface area contributed by atoms with Gasteiger partial charge in [0.15, 0.2) is 0 Å². The van der Waals surface area contributed by atoms with Gasteiger partial charge in [0, 0.05) is 0 Å². The van der Waals surface area contributed by atoms with Crippen molar-refractivity contribution in [3.63, 3.8) is 0 Å². The number of hydrogen-bond donors (Lipinski definition) is 2. The molecule has 0 spiro atoms. The second-order valence-corrected chi connectivity index (χ2v) is 5.44. The Morgan fingerprint density at radius 3 is 3.08 bits per heavy atom. The summed E-state index contributed by atoms with van der Waals surface area (Å²) in [4.78, 5) is 4.57. The monoisotopic (exact) mass is 317 g/mol. The molecule has 0 radical (unpaired) electrons. The number of amidine groups is 1. The Balaban J connectivity index is 1.98. The summed E-state index contributed by atoms with van der Waals surface area (Å²) >= 11 is 0. The molecule has 1 unspecified atom stereocenters. The predicted molar refractivity (Wildman–Crippen MR) is 97.0 cm³/mol. The molecule has 2 aliphatic rings. The van der Waals surface area contributed by atoms with Gasteiger partial charge in [0.1, 0.15) is 0 Å². The van der Waals surface area contributed by atoms with Crippen LogP contribution in [0.1, 0.15) is 12.0 Å². The van der Waals surface area contributed by atoms with Crippen molar-refractivity contribution < 1.29 is 9.84 Å². The normalized spacial score (nSPS) is 18.7. The van der Waals surface area contributed by atoms with Crippen LogP contribution >= 0.6 is 0 Å². The van der Waals surface area contributed by atoms with Crippen LogP contribution in [0.25, 0.3) is 6.08 Å². The molecular weight excluding hydrogens is 301 g/mol. The Hall–Kier alpha value is -3.07. The van der Waals surface area contributed by atoms with E-state index in [1.54, 1.807) is 18.2 Å². The maximum absolute atomic E-state index is 10.0. The number of aromatic hydroxyl groups is 1. The first-order chi connectivity index (χ1) is 11.7. The molecule has 2 N–H and O–H groups in total. The number of fused-ring (bicyclic) bond motifs is 1. The Kier molecular flexibility index (Phi) is 4.34. The Labute approximate surface area is 141 Å². The number of nitrogens with zero attached hydrogens (tertiary/aromatic N) is 2. The van der Waals surface area contributed by atoms with Gasteiger partial charge in [-0.2, -0.15) is 0 Å². The first-order valence-electron chi connectivity index (χ1n) is 7.53. The minimum absolute atomic E-state index is 0.0294. The number of nitrogens with one attached hydrogen (secondary N) is 1.